The highest BCUT2D eigenvalue weighted by molar-refractivity contribution is 9.10. The van der Waals surface area contributed by atoms with Gasteiger partial charge < -0.3 is 16.4 Å². The van der Waals surface area contributed by atoms with Crippen LogP contribution in [0.25, 0.3) is 0 Å². The number of carbonyl (C=O) groups is 1. The van der Waals surface area contributed by atoms with Gasteiger partial charge in [0, 0.05) is 36.4 Å². The number of aryl methyl sites for hydroxylation is 2. The molecule has 0 atom stereocenters. The molecule has 2 heterocycles. The van der Waals surface area contributed by atoms with Crippen LogP contribution < -0.4 is 16.4 Å². The normalized spacial score (nSPS) is 10.4. The van der Waals surface area contributed by atoms with Gasteiger partial charge in [0.1, 0.15) is 11.5 Å². The number of halogens is 1. The first-order chi connectivity index (χ1) is 21.1. The van der Waals surface area contributed by atoms with Crippen LogP contribution in [-0.2, 0) is 0 Å². The number of unbranched alkanes of at least 4 members (excludes halogenated alkanes) is 1. The Morgan fingerprint density at radius 3 is 2.00 bits per heavy atom. The predicted molar refractivity (Wildman–Crippen MR) is 191 cm³/mol. The Balaban J connectivity index is 0.000000462. The van der Waals surface area contributed by atoms with Crippen LogP contribution in [0.15, 0.2) is 82.5 Å². The molecule has 4 rings (SSSR count). The summed E-state index contributed by atoms with van der Waals surface area (Å²) >= 11 is 3.38. The third-order valence-electron chi connectivity index (χ3n) is 6.14. The van der Waals surface area contributed by atoms with Crippen molar-refractivity contribution >= 4 is 44.9 Å². The molecule has 0 bridgehead atoms. The predicted octanol–water partition coefficient (Wildman–Crippen LogP) is 9.45. The van der Waals surface area contributed by atoms with Crippen LogP contribution in [0, 0.1) is 19.8 Å². The number of rotatable bonds is 8. The number of hydrogen-bond donors (Lipinski definition) is 4. The summed E-state index contributed by atoms with van der Waals surface area (Å²) < 4.78 is 0.442. The fourth-order valence-corrected chi connectivity index (χ4v) is 3.92. The molecule has 0 radical (unpaired) electrons. The van der Waals surface area contributed by atoms with E-state index in [1.54, 1.807) is 12.4 Å². The Morgan fingerprint density at radius 1 is 0.932 bits per heavy atom. The van der Waals surface area contributed by atoms with Crippen molar-refractivity contribution in [2.45, 2.75) is 74.1 Å². The number of para-hydroxylation sites is 1. The Hall–Kier alpha value is -3.98. The zero-order valence-corrected chi connectivity index (χ0v) is 29.1. The maximum atomic E-state index is 12.5. The zero-order valence-electron chi connectivity index (χ0n) is 27.5. The van der Waals surface area contributed by atoms with Crippen LogP contribution in [0.4, 0.5) is 17.2 Å². The minimum absolute atomic E-state index is 0.268. The number of aromatic nitrogens is 3. The molecule has 0 spiro atoms. The number of carbonyl (C=O) groups excluding carboxylic acids is 1. The largest absolute Gasteiger partial charge is 0.388 e. The monoisotopic (exact) mass is 663 g/mol. The summed E-state index contributed by atoms with van der Waals surface area (Å²) in [7, 11) is 1.81. The second-order valence-electron chi connectivity index (χ2n) is 10.6. The molecule has 0 aliphatic heterocycles. The van der Waals surface area contributed by atoms with Crippen molar-refractivity contribution in [3.05, 3.63) is 99.9 Å². The van der Waals surface area contributed by atoms with Gasteiger partial charge in [0.05, 0.1) is 4.47 Å². The van der Waals surface area contributed by atoms with Crippen LogP contribution in [0.3, 0.4) is 0 Å². The number of H-pyrrole nitrogens is 1. The molecule has 2 aromatic carbocycles. The van der Waals surface area contributed by atoms with Gasteiger partial charge in [0.15, 0.2) is 5.82 Å². The smallest absolute Gasteiger partial charge is 0.274 e. The van der Waals surface area contributed by atoms with E-state index in [9.17, 15) is 4.79 Å². The lowest BCUT2D eigenvalue weighted by molar-refractivity contribution is 0.102. The quantitative estimate of drug-likeness (QED) is 0.110. The van der Waals surface area contributed by atoms with E-state index in [2.05, 4.69) is 81.4 Å². The molecular formula is C35H50BrN7O. The third-order valence-corrected chi connectivity index (χ3v) is 6.89. The van der Waals surface area contributed by atoms with Gasteiger partial charge >= 0.3 is 0 Å². The van der Waals surface area contributed by atoms with Crippen LogP contribution in [0.2, 0.25) is 0 Å². The van der Waals surface area contributed by atoms with Gasteiger partial charge in [-0.15, -0.1) is 0 Å². The molecule has 238 valence electrons. The summed E-state index contributed by atoms with van der Waals surface area (Å²) in [5, 5.41) is 12.7. The zero-order chi connectivity index (χ0) is 32.9. The maximum Gasteiger partial charge on any atom is 0.274 e. The highest BCUT2D eigenvalue weighted by Crippen LogP contribution is 2.28. The fraction of sp³-hybridized carbons (Fsp3) is 0.371. The van der Waals surface area contributed by atoms with E-state index in [0.29, 0.717) is 16.0 Å². The lowest BCUT2D eigenvalue weighted by Gasteiger charge is -2.07. The summed E-state index contributed by atoms with van der Waals surface area (Å²) in [4.78, 5) is 20.7. The van der Waals surface area contributed by atoms with Gasteiger partial charge in [-0.3, -0.25) is 14.9 Å². The van der Waals surface area contributed by atoms with Gasteiger partial charge in [-0.05, 0) is 77.7 Å². The number of aliphatic imine (C=N–C) groups is 1. The van der Waals surface area contributed by atoms with E-state index in [0.717, 1.165) is 22.7 Å². The molecule has 0 unspecified atom stereocenters. The lowest BCUT2D eigenvalue weighted by Crippen LogP contribution is -2.15. The third kappa shape index (κ3) is 14.5. The summed E-state index contributed by atoms with van der Waals surface area (Å²) in [6, 6.07) is 19.0. The van der Waals surface area contributed by atoms with Crippen molar-refractivity contribution in [1.29, 1.82) is 0 Å². The van der Waals surface area contributed by atoms with Gasteiger partial charge in [-0.2, -0.15) is 5.10 Å². The minimum atomic E-state index is -0.325. The summed E-state index contributed by atoms with van der Waals surface area (Å²) in [5.41, 5.74) is 11.1. The number of benzene rings is 2. The van der Waals surface area contributed by atoms with Crippen molar-refractivity contribution in [2.24, 2.45) is 16.6 Å². The Bertz CT molecular complexity index is 1380. The van der Waals surface area contributed by atoms with E-state index in [-0.39, 0.29) is 17.4 Å². The number of pyridine rings is 1. The SMILES string of the molecule is CCCC.CCCC(C)C.CNc1ccccc1C(N)=Nc1n[nH]c(C(=O)Nc2ccc(C)cc2)c1Br.Cc1ccncc1. The molecule has 44 heavy (non-hydrogen) atoms. The van der Waals surface area contributed by atoms with E-state index >= 15 is 0 Å². The number of amides is 1. The number of nitrogens with one attached hydrogen (secondary N) is 3. The molecule has 5 N–H and O–H groups in total. The Labute approximate surface area is 272 Å². The van der Waals surface area contributed by atoms with Gasteiger partial charge in [0.2, 0.25) is 0 Å². The molecule has 8 nitrogen and oxygen atoms in total. The second-order valence-corrected chi connectivity index (χ2v) is 11.3. The van der Waals surface area contributed by atoms with E-state index < -0.39 is 0 Å². The molecule has 0 aliphatic rings. The molecule has 4 aromatic rings. The average Bonchev–Trinajstić information content (AvgIpc) is 3.38. The highest BCUT2D eigenvalue weighted by Gasteiger charge is 2.18. The standard InChI is InChI=1S/C19H19BrN6O.C6H7N.C6H14.C4H10/c1-11-7-9-12(10-8-11)23-19(27)16-15(20)18(26-25-16)24-17(21)13-5-3-4-6-14(13)22-2;1-6-2-4-7-5-3-6;1-4-5-6(2)3;1-3-4-2/h3-10,22H,1-2H3,(H,23,27)(H3,21,24,25,26);2-5H,1H3;6H,4-5H2,1-3H3;3-4H2,1-2H3. The first-order valence-electron chi connectivity index (χ1n) is 15.2. The van der Waals surface area contributed by atoms with Crippen molar-refractivity contribution in [3.8, 4) is 0 Å². The van der Waals surface area contributed by atoms with E-state index in [1.807, 2.05) is 81.6 Å². The van der Waals surface area contributed by atoms with Crippen molar-refractivity contribution in [2.75, 3.05) is 17.7 Å². The molecule has 0 aliphatic carbocycles. The van der Waals surface area contributed by atoms with Crippen LogP contribution >= 0.6 is 15.9 Å². The maximum absolute atomic E-state index is 12.5. The van der Waals surface area contributed by atoms with Crippen LogP contribution in [0.5, 0.6) is 0 Å². The average molecular weight is 665 g/mol. The van der Waals surface area contributed by atoms with Crippen molar-refractivity contribution in [3.63, 3.8) is 0 Å². The summed E-state index contributed by atoms with van der Waals surface area (Å²) in [6.45, 7) is 15.1. The molecule has 1 amide bonds. The number of hydrogen-bond acceptors (Lipinski definition) is 5. The number of amidine groups is 1. The Morgan fingerprint density at radius 2 is 1.52 bits per heavy atom. The van der Waals surface area contributed by atoms with Crippen LogP contribution in [0.1, 0.15) is 87.5 Å². The first kappa shape index (κ1) is 38.0. The molecule has 0 saturated heterocycles. The van der Waals surface area contributed by atoms with Crippen molar-refractivity contribution in [1.82, 2.24) is 15.2 Å². The van der Waals surface area contributed by atoms with E-state index in [1.165, 1.54) is 31.2 Å². The lowest BCUT2D eigenvalue weighted by atomic mass is 10.1. The van der Waals surface area contributed by atoms with Gasteiger partial charge in [0.25, 0.3) is 5.91 Å². The number of aromatic amines is 1. The summed E-state index contributed by atoms with van der Waals surface area (Å²) in [5.74, 6) is 1.16. The molecule has 2 aromatic heterocycles. The minimum Gasteiger partial charge on any atom is -0.388 e. The number of anilines is 2. The molecule has 0 saturated carbocycles. The van der Waals surface area contributed by atoms with Crippen LogP contribution in [-0.4, -0.2) is 34.0 Å². The second kappa shape index (κ2) is 21.7. The first-order valence-corrected chi connectivity index (χ1v) is 16.0. The fourth-order valence-electron chi connectivity index (χ4n) is 3.48. The highest BCUT2D eigenvalue weighted by atomic mass is 79.9. The number of nitrogens with two attached hydrogens (primary N) is 1. The molecule has 9 heteroatoms. The van der Waals surface area contributed by atoms with Gasteiger partial charge in [-0.1, -0.05) is 90.1 Å². The Kier molecular flexibility index (Phi) is 18.7. The molecular weight excluding hydrogens is 614 g/mol. The number of nitrogens with zero attached hydrogens (tertiary/aromatic N) is 3. The molecule has 0 fully saturated rings. The van der Waals surface area contributed by atoms with Gasteiger partial charge in [-0.25, -0.2) is 4.99 Å². The topological polar surface area (TPSA) is 121 Å². The summed E-state index contributed by atoms with van der Waals surface area (Å²) in [6.07, 6.45) is 8.92. The van der Waals surface area contributed by atoms with E-state index in [4.69, 9.17) is 5.73 Å². The van der Waals surface area contributed by atoms with Crippen molar-refractivity contribution < 1.29 is 4.79 Å².